The van der Waals surface area contributed by atoms with E-state index in [9.17, 15) is 18.0 Å². The molecule has 2 amide bonds. The van der Waals surface area contributed by atoms with Crippen LogP contribution in [0.3, 0.4) is 0 Å². The molecule has 11 heteroatoms. The molecule has 0 unspecified atom stereocenters. The Balaban J connectivity index is 1.70. The van der Waals surface area contributed by atoms with Gasteiger partial charge >= 0.3 is 6.03 Å². The van der Waals surface area contributed by atoms with Crippen LogP contribution in [0.1, 0.15) is 26.6 Å². The number of aromatic nitrogens is 4. The van der Waals surface area contributed by atoms with Crippen molar-refractivity contribution in [3.05, 3.63) is 71.9 Å². The van der Waals surface area contributed by atoms with Crippen LogP contribution in [0.5, 0.6) is 0 Å². The summed E-state index contributed by atoms with van der Waals surface area (Å²) in [6.07, 6.45) is 1.51. The first-order valence-electron chi connectivity index (χ1n) is 10.5. The van der Waals surface area contributed by atoms with Crippen molar-refractivity contribution in [1.82, 2.24) is 19.9 Å². The lowest BCUT2D eigenvalue weighted by Crippen LogP contribution is -2.21. The van der Waals surface area contributed by atoms with Crippen molar-refractivity contribution in [3.8, 4) is 22.6 Å². The normalized spacial score (nSPS) is 11.4. The van der Waals surface area contributed by atoms with Crippen LogP contribution in [-0.4, -0.2) is 26.0 Å². The molecule has 0 saturated carbocycles. The lowest BCUT2D eigenvalue weighted by molar-refractivity contribution is 0.262. The van der Waals surface area contributed by atoms with Gasteiger partial charge < -0.3 is 21.4 Å². The van der Waals surface area contributed by atoms with Gasteiger partial charge in [0.15, 0.2) is 0 Å². The number of anilines is 3. The third kappa shape index (κ3) is 5.24. The van der Waals surface area contributed by atoms with Crippen molar-refractivity contribution < 1.29 is 18.0 Å². The van der Waals surface area contributed by atoms with Crippen molar-refractivity contribution in [2.75, 3.05) is 16.4 Å². The smallest absolute Gasteiger partial charge is 0.323 e. The summed E-state index contributed by atoms with van der Waals surface area (Å²) in [5.41, 5.74) is 6.95. The highest BCUT2D eigenvalue weighted by Gasteiger charge is 2.24. The number of imidazole rings is 1. The van der Waals surface area contributed by atoms with E-state index in [0.29, 0.717) is 34.5 Å². The molecule has 35 heavy (non-hydrogen) atoms. The number of benzene rings is 2. The second kappa shape index (κ2) is 9.09. The van der Waals surface area contributed by atoms with Gasteiger partial charge in [-0.2, -0.15) is 0 Å². The molecule has 0 bridgehead atoms. The molecule has 0 fully saturated rings. The summed E-state index contributed by atoms with van der Waals surface area (Å²) in [6, 6.07) is 7.51. The molecule has 4 rings (SSSR count). The van der Waals surface area contributed by atoms with Gasteiger partial charge in [0.25, 0.3) is 0 Å². The number of nitrogens with zero attached hydrogens (tertiary/aromatic N) is 3. The van der Waals surface area contributed by atoms with E-state index in [0.717, 1.165) is 12.1 Å². The van der Waals surface area contributed by atoms with Crippen molar-refractivity contribution in [1.29, 1.82) is 0 Å². The van der Waals surface area contributed by atoms with Crippen LogP contribution in [-0.2, 0) is 5.41 Å². The molecule has 4 aromatic rings. The number of H-pyrrole nitrogens is 1. The van der Waals surface area contributed by atoms with Gasteiger partial charge in [0.2, 0.25) is 5.95 Å². The summed E-state index contributed by atoms with van der Waals surface area (Å²) >= 11 is 0. The number of nitrogens with one attached hydrogen (secondary N) is 3. The molecule has 5 N–H and O–H groups in total. The largest absolute Gasteiger partial charge is 0.368 e. The number of nitrogen functional groups attached to an aromatic ring is 1. The first-order chi connectivity index (χ1) is 16.5. The summed E-state index contributed by atoms with van der Waals surface area (Å²) in [7, 11) is 0. The average molecular weight is 481 g/mol. The molecule has 2 aromatic carbocycles. The van der Waals surface area contributed by atoms with Gasteiger partial charge in [-0.05, 0) is 36.4 Å². The highest BCUT2D eigenvalue weighted by molar-refractivity contribution is 6.00. The van der Waals surface area contributed by atoms with Gasteiger partial charge in [-0.3, -0.25) is 0 Å². The number of aromatic amines is 1. The lowest BCUT2D eigenvalue weighted by atomic mass is 9.96. The second-order valence-electron chi connectivity index (χ2n) is 8.76. The zero-order valence-electron chi connectivity index (χ0n) is 19.1. The molecule has 0 spiro atoms. The Morgan fingerprint density at radius 2 is 1.69 bits per heavy atom. The molecular weight excluding hydrogens is 459 g/mol. The van der Waals surface area contributed by atoms with E-state index in [1.165, 1.54) is 24.4 Å². The Bertz CT molecular complexity index is 1410. The van der Waals surface area contributed by atoms with E-state index in [-0.39, 0.29) is 22.7 Å². The fraction of sp³-hybridized carbons (Fsp3) is 0.167. The highest BCUT2D eigenvalue weighted by Crippen LogP contribution is 2.34. The van der Waals surface area contributed by atoms with E-state index in [4.69, 9.17) is 10.7 Å². The fourth-order valence-corrected chi connectivity index (χ4v) is 3.27. The maximum atomic E-state index is 14.6. The van der Waals surface area contributed by atoms with Crippen LogP contribution >= 0.6 is 0 Å². The molecule has 0 aliphatic carbocycles. The number of rotatable bonds is 4. The Hall–Kier alpha value is -4.41. The molecule has 2 heterocycles. The topological polar surface area (TPSA) is 122 Å². The molecule has 0 saturated heterocycles. The minimum absolute atomic E-state index is 0.0755. The van der Waals surface area contributed by atoms with Gasteiger partial charge in [0, 0.05) is 23.2 Å². The predicted octanol–water partition coefficient (Wildman–Crippen LogP) is 5.47. The molecule has 0 aliphatic heterocycles. The standard InChI is InChI=1S/C24H22F3N7O/c1-24(2,3)21-33-19(20(34-21)17-8-9-29-22(28)30-17)12-4-6-14(26)18(10-12)32-23(35)31-16-7-5-13(25)11-15(16)27/h4-11H,1-3H3,(H,33,34)(H2,28,29,30)(H2,31,32,35). The van der Waals surface area contributed by atoms with Gasteiger partial charge in [-0.15, -0.1) is 0 Å². The number of carbonyl (C=O) groups excluding carboxylic acids is 1. The summed E-state index contributed by atoms with van der Waals surface area (Å²) < 4.78 is 41.5. The highest BCUT2D eigenvalue weighted by atomic mass is 19.1. The second-order valence-corrected chi connectivity index (χ2v) is 8.76. The molecule has 8 nitrogen and oxygen atoms in total. The Labute approximate surface area is 198 Å². The van der Waals surface area contributed by atoms with Crippen LogP contribution in [0.15, 0.2) is 48.7 Å². The van der Waals surface area contributed by atoms with Crippen LogP contribution < -0.4 is 16.4 Å². The minimum atomic E-state index is -0.964. The van der Waals surface area contributed by atoms with E-state index < -0.39 is 23.5 Å². The molecule has 180 valence electrons. The monoisotopic (exact) mass is 481 g/mol. The number of hydrogen-bond acceptors (Lipinski definition) is 5. The van der Waals surface area contributed by atoms with E-state index in [1.807, 2.05) is 20.8 Å². The van der Waals surface area contributed by atoms with Crippen LogP contribution in [0.25, 0.3) is 22.6 Å². The number of amides is 2. The van der Waals surface area contributed by atoms with Crippen LogP contribution in [0.4, 0.5) is 35.3 Å². The van der Waals surface area contributed by atoms with Crippen molar-refractivity contribution >= 4 is 23.4 Å². The maximum Gasteiger partial charge on any atom is 0.323 e. The molecule has 0 atom stereocenters. The van der Waals surface area contributed by atoms with Crippen molar-refractivity contribution in [3.63, 3.8) is 0 Å². The minimum Gasteiger partial charge on any atom is -0.368 e. The molecular formula is C24H22F3N7O. The fourth-order valence-electron chi connectivity index (χ4n) is 3.27. The van der Waals surface area contributed by atoms with Crippen molar-refractivity contribution in [2.45, 2.75) is 26.2 Å². The third-order valence-electron chi connectivity index (χ3n) is 5.01. The van der Waals surface area contributed by atoms with Gasteiger partial charge in [0.1, 0.15) is 23.3 Å². The number of hydrogen-bond donors (Lipinski definition) is 4. The summed E-state index contributed by atoms with van der Waals surface area (Å²) in [6.45, 7) is 5.93. The third-order valence-corrected chi connectivity index (χ3v) is 5.01. The van der Waals surface area contributed by atoms with E-state index in [1.54, 1.807) is 6.07 Å². The van der Waals surface area contributed by atoms with Crippen LogP contribution in [0.2, 0.25) is 0 Å². The number of halogens is 3. The molecule has 2 aromatic heterocycles. The molecule has 0 aliphatic rings. The average Bonchev–Trinajstić information content (AvgIpc) is 3.23. The SMILES string of the molecule is CC(C)(C)c1nc(-c2ccc(F)c(NC(=O)Nc3ccc(F)cc3F)c2)c(-c2ccnc(N)n2)[nH]1. The Morgan fingerprint density at radius 3 is 2.37 bits per heavy atom. The zero-order valence-corrected chi connectivity index (χ0v) is 19.1. The maximum absolute atomic E-state index is 14.6. The summed E-state index contributed by atoms with van der Waals surface area (Å²) in [5.74, 6) is -1.74. The molecule has 0 radical (unpaired) electrons. The number of nitrogens with two attached hydrogens (primary N) is 1. The Kier molecular flexibility index (Phi) is 6.16. The first-order valence-corrected chi connectivity index (χ1v) is 10.5. The number of urea groups is 1. The van der Waals surface area contributed by atoms with E-state index in [2.05, 4.69) is 25.6 Å². The summed E-state index contributed by atoms with van der Waals surface area (Å²) in [4.78, 5) is 28.5. The van der Waals surface area contributed by atoms with E-state index >= 15 is 0 Å². The first kappa shape index (κ1) is 23.7. The lowest BCUT2D eigenvalue weighted by Gasteiger charge is -2.14. The Morgan fingerprint density at radius 1 is 0.943 bits per heavy atom. The summed E-state index contributed by atoms with van der Waals surface area (Å²) in [5, 5.41) is 4.58. The zero-order chi connectivity index (χ0) is 25.3. The van der Waals surface area contributed by atoms with Crippen molar-refractivity contribution in [2.24, 2.45) is 0 Å². The predicted molar refractivity (Wildman–Crippen MR) is 127 cm³/mol. The van der Waals surface area contributed by atoms with Gasteiger partial charge in [-0.25, -0.2) is 32.9 Å². The van der Waals surface area contributed by atoms with Gasteiger partial charge in [0.05, 0.1) is 28.5 Å². The van der Waals surface area contributed by atoms with Gasteiger partial charge in [-0.1, -0.05) is 20.8 Å². The van der Waals surface area contributed by atoms with Crippen LogP contribution in [0, 0.1) is 17.5 Å². The number of carbonyl (C=O) groups is 1. The quantitative estimate of drug-likeness (QED) is 0.308.